The Morgan fingerprint density at radius 2 is 2.50 bits per heavy atom. The summed E-state index contributed by atoms with van der Waals surface area (Å²) >= 11 is 0. The SMILES string of the molecule is [N-]=[N+]=C1C=NC(C(=O)O)=N1. The minimum absolute atomic E-state index is 0.0996. The van der Waals surface area contributed by atoms with Crippen molar-refractivity contribution in [2.75, 3.05) is 0 Å². The lowest BCUT2D eigenvalue weighted by molar-refractivity contribution is -0.129. The molecule has 0 fully saturated rings. The topological polar surface area (TPSA) is 98.4 Å². The second-order valence-electron chi connectivity index (χ2n) is 1.46. The molecule has 0 aromatic carbocycles. The van der Waals surface area contributed by atoms with Crippen LogP contribution in [0.5, 0.6) is 0 Å². The van der Waals surface area contributed by atoms with Crippen LogP contribution < -0.4 is 0 Å². The molecule has 50 valence electrons. The number of carboxylic acid groups (broad SMARTS) is 1. The summed E-state index contributed by atoms with van der Waals surface area (Å²) in [4.78, 5) is 19.3. The minimum atomic E-state index is -1.24. The molecule has 6 heteroatoms. The van der Waals surface area contributed by atoms with Gasteiger partial charge in [0.05, 0.1) is 0 Å². The number of aliphatic imine (C=N–C) groups is 2. The van der Waals surface area contributed by atoms with Gasteiger partial charge in [-0.25, -0.2) is 4.79 Å². The van der Waals surface area contributed by atoms with E-state index >= 15 is 0 Å². The number of nitrogens with zero attached hydrogens (tertiary/aromatic N) is 4. The summed E-state index contributed by atoms with van der Waals surface area (Å²) in [5.74, 6) is -1.71. The Morgan fingerprint density at radius 1 is 1.80 bits per heavy atom. The van der Waals surface area contributed by atoms with Gasteiger partial charge in [-0.05, 0) is 0 Å². The van der Waals surface area contributed by atoms with Crippen molar-refractivity contribution >= 4 is 23.9 Å². The average molecular weight is 138 g/mol. The van der Waals surface area contributed by atoms with Crippen LogP contribution in [-0.2, 0) is 4.79 Å². The zero-order valence-corrected chi connectivity index (χ0v) is 4.72. The van der Waals surface area contributed by atoms with Crippen LogP contribution in [0.3, 0.4) is 0 Å². The molecule has 0 aromatic heterocycles. The summed E-state index contributed by atoms with van der Waals surface area (Å²) in [6, 6.07) is 0. The van der Waals surface area contributed by atoms with E-state index < -0.39 is 5.97 Å². The summed E-state index contributed by atoms with van der Waals surface area (Å²) in [6.45, 7) is 0. The van der Waals surface area contributed by atoms with Crippen molar-refractivity contribution in [3.8, 4) is 0 Å². The van der Waals surface area contributed by atoms with Gasteiger partial charge >= 0.3 is 17.6 Å². The Morgan fingerprint density at radius 3 is 2.80 bits per heavy atom. The summed E-state index contributed by atoms with van der Waals surface area (Å²) < 4.78 is 0. The first-order chi connectivity index (χ1) is 4.74. The van der Waals surface area contributed by atoms with E-state index in [1.165, 1.54) is 0 Å². The van der Waals surface area contributed by atoms with Gasteiger partial charge in [0.2, 0.25) is 0 Å². The lowest BCUT2D eigenvalue weighted by atomic mass is 10.6. The van der Waals surface area contributed by atoms with Crippen molar-refractivity contribution in [3.05, 3.63) is 5.53 Å². The Labute approximate surface area is 55.2 Å². The number of carboxylic acids is 1. The molecule has 1 heterocycles. The largest absolute Gasteiger partial charge is 0.497 e. The summed E-state index contributed by atoms with van der Waals surface area (Å²) in [5, 5.41) is 8.25. The van der Waals surface area contributed by atoms with E-state index in [0.29, 0.717) is 0 Å². The third kappa shape index (κ3) is 0.958. The second-order valence-corrected chi connectivity index (χ2v) is 1.46. The van der Waals surface area contributed by atoms with Crippen LogP contribution in [0.2, 0.25) is 0 Å². The quantitative estimate of drug-likeness (QED) is 0.378. The predicted octanol–water partition coefficient (Wildman–Crippen LogP) is -0.818. The molecule has 10 heavy (non-hydrogen) atoms. The molecule has 1 aliphatic heterocycles. The molecule has 0 unspecified atom stereocenters. The molecular weight excluding hydrogens is 136 g/mol. The van der Waals surface area contributed by atoms with Crippen molar-refractivity contribution in [3.63, 3.8) is 0 Å². The van der Waals surface area contributed by atoms with Crippen LogP contribution in [0.15, 0.2) is 9.98 Å². The average Bonchev–Trinajstić information content (AvgIpc) is 2.34. The molecule has 0 saturated heterocycles. The molecule has 0 amide bonds. The van der Waals surface area contributed by atoms with Gasteiger partial charge in [-0.1, -0.05) is 0 Å². The van der Waals surface area contributed by atoms with Crippen molar-refractivity contribution in [1.29, 1.82) is 0 Å². The minimum Gasteiger partial charge on any atom is -0.497 e. The Hall–Kier alpha value is -1.81. The van der Waals surface area contributed by atoms with Crippen molar-refractivity contribution in [2.24, 2.45) is 9.98 Å². The van der Waals surface area contributed by atoms with Crippen LogP contribution in [0.4, 0.5) is 0 Å². The number of amidine groups is 2. The molecule has 1 aliphatic rings. The molecule has 1 N–H and O–H groups in total. The number of rotatable bonds is 1. The van der Waals surface area contributed by atoms with Crippen molar-refractivity contribution in [1.82, 2.24) is 0 Å². The highest BCUT2D eigenvalue weighted by Crippen LogP contribution is 1.89. The van der Waals surface area contributed by atoms with Gasteiger partial charge in [-0.3, -0.25) is 0 Å². The van der Waals surface area contributed by atoms with Crippen molar-refractivity contribution in [2.45, 2.75) is 0 Å². The highest BCUT2D eigenvalue weighted by atomic mass is 16.4. The Bertz CT molecular complexity index is 284. The van der Waals surface area contributed by atoms with Crippen LogP contribution in [0.25, 0.3) is 5.53 Å². The fourth-order valence-corrected chi connectivity index (χ4v) is 0.436. The van der Waals surface area contributed by atoms with Gasteiger partial charge in [0.15, 0.2) is 0 Å². The highest BCUT2D eigenvalue weighted by Gasteiger charge is 2.22. The molecule has 1 rings (SSSR count). The predicted molar refractivity (Wildman–Crippen MR) is 32.2 cm³/mol. The molecule has 6 nitrogen and oxygen atoms in total. The van der Waals surface area contributed by atoms with Crippen LogP contribution in [0.1, 0.15) is 0 Å². The lowest BCUT2D eigenvalue weighted by Gasteiger charge is -1.74. The van der Waals surface area contributed by atoms with Gasteiger partial charge < -0.3 is 15.4 Å². The number of aliphatic carboxylic acids is 1. The van der Waals surface area contributed by atoms with Crippen LogP contribution in [0, 0.1) is 0 Å². The van der Waals surface area contributed by atoms with E-state index in [0.717, 1.165) is 6.21 Å². The molecular formula is C4H2N4O2. The molecule has 0 spiro atoms. The number of carbonyl (C=O) groups is 1. The normalized spacial score (nSPS) is 14.8. The maximum absolute atomic E-state index is 10.1. The first kappa shape index (κ1) is 6.31. The Kier molecular flexibility index (Phi) is 1.39. The first-order valence-corrected chi connectivity index (χ1v) is 2.32. The van der Waals surface area contributed by atoms with Crippen LogP contribution >= 0.6 is 0 Å². The third-order valence-electron chi connectivity index (χ3n) is 0.816. The van der Waals surface area contributed by atoms with E-state index in [1.54, 1.807) is 0 Å². The number of hydrogen-bond acceptors (Lipinski definition) is 2. The molecule has 0 radical (unpaired) electrons. The fourth-order valence-electron chi connectivity index (χ4n) is 0.436. The summed E-state index contributed by atoms with van der Waals surface area (Å²) in [5.41, 5.74) is 8.06. The van der Waals surface area contributed by atoms with E-state index in [-0.39, 0.29) is 11.7 Å². The second kappa shape index (κ2) is 2.20. The summed E-state index contributed by atoms with van der Waals surface area (Å²) in [7, 11) is 0. The zero-order valence-electron chi connectivity index (χ0n) is 4.72. The van der Waals surface area contributed by atoms with E-state index in [1.807, 2.05) is 0 Å². The zero-order chi connectivity index (χ0) is 7.56. The van der Waals surface area contributed by atoms with Gasteiger partial charge in [0.1, 0.15) is 6.21 Å². The standard InChI is InChI=1S/C4H2N4O2/c5-8-2-1-6-3(7-2)4(9)10/h1H,(H,9,10). The lowest BCUT2D eigenvalue weighted by Crippen LogP contribution is -2.07. The fraction of sp³-hybridized carbons (Fsp3) is 0. The summed E-state index contributed by atoms with van der Waals surface area (Å²) in [6.07, 6.45) is 1.06. The maximum atomic E-state index is 10.1. The third-order valence-corrected chi connectivity index (χ3v) is 0.816. The van der Waals surface area contributed by atoms with Crippen molar-refractivity contribution < 1.29 is 14.7 Å². The van der Waals surface area contributed by atoms with Crippen LogP contribution in [-0.4, -0.2) is 33.8 Å². The van der Waals surface area contributed by atoms with E-state index in [4.69, 9.17) is 10.6 Å². The van der Waals surface area contributed by atoms with Gasteiger partial charge in [-0.15, -0.1) is 0 Å². The van der Waals surface area contributed by atoms with Gasteiger partial charge in [-0.2, -0.15) is 4.99 Å². The van der Waals surface area contributed by atoms with Gasteiger partial charge in [0, 0.05) is 4.99 Å². The molecule has 0 atom stereocenters. The smallest absolute Gasteiger partial charge is 0.421 e. The van der Waals surface area contributed by atoms with E-state index in [9.17, 15) is 4.79 Å². The number of hydrogen-bond donors (Lipinski definition) is 1. The first-order valence-electron chi connectivity index (χ1n) is 2.32. The molecule has 0 aliphatic carbocycles. The molecule has 0 saturated carbocycles. The van der Waals surface area contributed by atoms with Gasteiger partial charge in [0.25, 0.3) is 0 Å². The Balaban J connectivity index is 2.98. The maximum Gasteiger partial charge on any atom is 0.421 e. The monoisotopic (exact) mass is 138 g/mol. The molecule has 0 aromatic rings. The molecule has 0 bridgehead atoms. The highest BCUT2D eigenvalue weighted by molar-refractivity contribution is 6.47. The van der Waals surface area contributed by atoms with E-state index in [2.05, 4.69) is 14.8 Å².